The molecule has 1 aromatic heterocycles. The normalized spacial score (nSPS) is 14.5. The molecule has 2 heterocycles. The first-order chi connectivity index (χ1) is 17.0. The second kappa shape index (κ2) is 9.22. The first kappa shape index (κ1) is 22.6. The van der Waals surface area contributed by atoms with E-state index in [1.54, 1.807) is 7.11 Å². The number of amides is 2. The molecule has 6 heteroatoms. The minimum Gasteiger partial charge on any atom is -0.495 e. The molecule has 0 aliphatic carbocycles. The lowest BCUT2D eigenvalue weighted by Gasteiger charge is -2.31. The molecule has 0 unspecified atom stereocenters. The highest BCUT2D eigenvalue weighted by molar-refractivity contribution is 5.92. The zero-order valence-corrected chi connectivity index (χ0v) is 20.5. The molecule has 4 aromatic rings. The number of nitrogens with zero attached hydrogens (tertiary/aromatic N) is 3. The number of aryl methyl sites for hydroxylation is 1. The first-order valence-corrected chi connectivity index (χ1v) is 11.7. The van der Waals surface area contributed by atoms with E-state index in [1.165, 1.54) is 0 Å². The fraction of sp³-hybridized carbons (Fsp3) is 0.207. The summed E-state index contributed by atoms with van der Waals surface area (Å²) in [5.41, 5.74) is 7.09. The Kier molecular flexibility index (Phi) is 5.95. The van der Waals surface area contributed by atoms with Gasteiger partial charge in [0.2, 0.25) is 0 Å². The van der Waals surface area contributed by atoms with E-state index in [9.17, 15) is 4.79 Å². The Morgan fingerprint density at radius 2 is 1.77 bits per heavy atom. The molecule has 0 saturated carbocycles. The van der Waals surface area contributed by atoms with E-state index in [4.69, 9.17) is 4.74 Å². The first-order valence-electron chi connectivity index (χ1n) is 11.7. The second-order valence-corrected chi connectivity index (χ2v) is 9.08. The van der Waals surface area contributed by atoms with Gasteiger partial charge < -0.3 is 24.4 Å². The third kappa shape index (κ3) is 4.23. The number of carbonyl (C=O) groups is 1. The standard InChI is InChI=1S/C29H30N4O2/c1-20-11-16-27(35-4)24(18-20)30-29(34)33-19-22-8-5-6-9-25(22)32-17-7-10-26(32)28(33)21-12-14-23(15-13-21)31(2)3/h5-18,28H,19H2,1-4H3,(H,30,34)/t28-/m1/s1. The number of ether oxygens (including phenoxy) is 1. The predicted octanol–water partition coefficient (Wildman–Crippen LogP) is 6.00. The summed E-state index contributed by atoms with van der Waals surface area (Å²) in [5, 5.41) is 3.13. The van der Waals surface area contributed by atoms with E-state index in [1.807, 2.05) is 62.3 Å². The molecule has 0 bridgehead atoms. The van der Waals surface area contributed by atoms with Crippen molar-refractivity contribution in [1.29, 1.82) is 0 Å². The molecule has 1 atom stereocenters. The summed E-state index contributed by atoms with van der Waals surface area (Å²) in [5.74, 6) is 0.634. The number of aromatic nitrogens is 1. The summed E-state index contributed by atoms with van der Waals surface area (Å²) in [7, 11) is 5.67. The Bertz CT molecular complexity index is 1360. The number of hydrogen-bond acceptors (Lipinski definition) is 3. The molecule has 6 nitrogen and oxygen atoms in total. The zero-order chi connectivity index (χ0) is 24.5. The van der Waals surface area contributed by atoms with Crippen molar-refractivity contribution in [2.24, 2.45) is 0 Å². The number of hydrogen-bond donors (Lipinski definition) is 1. The van der Waals surface area contributed by atoms with Gasteiger partial charge in [-0.3, -0.25) is 0 Å². The molecule has 0 saturated heterocycles. The predicted molar refractivity (Wildman–Crippen MR) is 141 cm³/mol. The molecular formula is C29H30N4O2. The van der Waals surface area contributed by atoms with Gasteiger partial charge in [0.25, 0.3) is 0 Å². The van der Waals surface area contributed by atoms with Gasteiger partial charge in [-0.1, -0.05) is 36.4 Å². The number of rotatable bonds is 4. The minimum atomic E-state index is -0.274. The largest absolute Gasteiger partial charge is 0.495 e. The summed E-state index contributed by atoms with van der Waals surface area (Å²) < 4.78 is 7.71. The van der Waals surface area contributed by atoms with Gasteiger partial charge in [0.15, 0.2) is 0 Å². The lowest BCUT2D eigenvalue weighted by Crippen LogP contribution is -2.38. The molecule has 2 amide bonds. The highest BCUT2D eigenvalue weighted by atomic mass is 16.5. The monoisotopic (exact) mass is 466 g/mol. The van der Waals surface area contributed by atoms with Crippen LogP contribution in [0.1, 0.15) is 28.4 Å². The van der Waals surface area contributed by atoms with Crippen LogP contribution in [0.4, 0.5) is 16.2 Å². The van der Waals surface area contributed by atoms with Crippen LogP contribution in [0.5, 0.6) is 5.75 Å². The fourth-order valence-electron chi connectivity index (χ4n) is 4.75. The summed E-state index contributed by atoms with van der Waals surface area (Å²) in [4.78, 5) is 17.9. The van der Waals surface area contributed by atoms with Gasteiger partial charge in [0.1, 0.15) is 5.75 Å². The average molecular weight is 467 g/mol. The molecule has 0 fully saturated rings. The van der Waals surface area contributed by atoms with Crippen LogP contribution >= 0.6 is 0 Å². The average Bonchev–Trinajstić information content (AvgIpc) is 3.28. The fourth-order valence-corrected chi connectivity index (χ4v) is 4.75. The van der Waals surface area contributed by atoms with Crippen LogP contribution in [-0.2, 0) is 6.54 Å². The summed E-state index contributed by atoms with van der Waals surface area (Å²) in [6, 6.07) is 26.1. The van der Waals surface area contributed by atoms with Crippen molar-refractivity contribution >= 4 is 17.4 Å². The van der Waals surface area contributed by atoms with Crippen LogP contribution in [0.3, 0.4) is 0 Å². The van der Waals surface area contributed by atoms with Crippen molar-refractivity contribution < 1.29 is 9.53 Å². The molecule has 1 aliphatic rings. The number of urea groups is 1. The molecule has 1 aliphatic heterocycles. The van der Waals surface area contributed by atoms with E-state index in [2.05, 4.69) is 63.4 Å². The molecule has 3 aromatic carbocycles. The maximum absolute atomic E-state index is 13.9. The highest BCUT2D eigenvalue weighted by Crippen LogP contribution is 2.38. The summed E-state index contributed by atoms with van der Waals surface area (Å²) >= 11 is 0. The molecule has 35 heavy (non-hydrogen) atoms. The molecule has 0 spiro atoms. The Morgan fingerprint density at radius 3 is 2.51 bits per heavy atom. The van der Waals surface area contributed by atoms with Crippen molar-refractivity contribution in [1.82, 2.24) is 9.47 Å². The van der Waals surface area contributed by atoms with E-state index in [0.29, 0.717) is 18.0 Å². The van der Waals surface area contributed by atoms with Crippen LogP contribution in [0.25, 0.3) is 5.69 Å². The van der Waals surface area contributed by atoms with Crippen molar-refractivity contribution in [3.8, 4) is 11.4 Å². The van der Waals surface area contributed by atoms with E-state index >= 15 is 0 Å². The van der Waals surface area contributed by atoms with Gasteiger partial charge in [0, 0.05) is 31.7 Å². The van der Waals surface area contributed by atoms with Crippen LogP contribution in [-0.4, -0.2) is 36.7 Å². The number of anilines is 2. The maximum Gasteiger partial charge on any atom is 0.323 e. The van der Waals surface area contributed by atoms with Crippen molar-refractivity contribution in [2.75, 3.05) is 31.4 Å². The minimum absolute atomic E-state index is 0.181. The molecule has 5 rings (SSSR count). The van der Waals surface area contributed by atoms with Crippen molar-refractivity contribution in [3.05, 3.63) is 107 Å². The van der Waals surface area contributed by atoms with Gasteiger partial charge in [-0.15, -0.1) is 0 Å². The molecule has 1 N–H and O–H groups in total. The van der Waals surface area contributed by atoms with Crippen LogP contribution in [0.2, 0.25) is 0 Å². The van der Waals surface area contributed by atoms with Crippen LogP contribution in [0.15, 0.2) is 85.1 Å². The van der Waals surface area contributed by atoms with Gasteiger partial charge in [0.05, 0.1) is 31.1 Å². The van der Waals surface area contributed by atoms with E-state index in [0.717, 1.165) is 33.8 Å². The van der Waals surface area contributed by atoms with Crippen LogP contribution in [0, 0.1) is 6.92 Å². The lowest BCUT2D eigenvalue weighted by atomic mass is 10.0. The highest BCUT2D eigenvalue weighted by Gasteiger charge is 2.33. The second-order valence-electron chi connectivity index (χ2n) is 9.08. The van der Waals surface area contributed by atoms with E-state index in [-0.39, 0.29) is 12.1 Å². The van der Waals surface area contributed by atoms with Crippen molar-refractivity contribution in [2.45, 2.75) is 19.5 Å². The number of methoxy groups -OCH3 is 1. The van der Waals surface area contributed by atoms with Gasteiger partial charge >= 0.3 is 6.03 Å². The number of fused-ring (bicyclic) bond motifs is 3. The SMILES string of the molecule is COc1ccc(C)cc1NC(=O)N1Cc2ccccc2-n2cccc2[C@H]1c1ccc(N(C)C)cc1. The lowest BCUT2D eigenvalue weighted by molar-refractivity contribution is 0.194. The Balaban J connectivity index is 1.62. The summed E-state index contributed by atoms with van der Waals surface area (Å²) in [6.07, 6.45) is 2.07. The third-order valence-corrected chi connectivity index (χ3v) is 6.55. The van der Waals surface area contributed by atoms with Crippen LogP contribution < -0.4 is 15.0 Å². The molecule has 178 valence electrons. The van der Waals surface area contributed by atoms with Gasteiger partial charge in [-0.25, -0.2) is 4.79 Å². The zero-order valence-electron chi connectivity index (χ0n) is 20.5. The Morgan fingerprint density at radius 1 is 1.00 bits per heavy atom. The smallest absolute Gasteiger partial charge is 0.323 e. The Hall–Kier alpha value is -4.19. The molecular weight excluding hydrogens is 436 g/mol. The maximum atomic E-state index is 13.9. The Labute approximate surface area is 206 Å². The van der Waals surface area contributed by atoms with E-state index < -0.39 is 0 Å². The number of carbonyl (C=O) groups excluding carboxylic acids is 1. The topological polar surface area (TPSA) is 49.7 Å². The van der Waals surface area contributed by atoms with Gasteiger partial charge in [-0.05, 0) is 66.1 Å². The quantitative estimate of drug-likeness (QED) is 0.401. The van der Waals surface area contributed by atoms with Gasteiger partial charge in [-0.2, -0.15) is 0 Å². The third-order valence-electron chi connectivity index (χ3n) is 6.55. The molecule has 0 radical (unpaired) electrons. The number of para-hydroxylation sites is 1. The number of nitrogens with one attached hydrogen (secondary N) is 1. The van der Waals surface area contributed by atoms with Crippen molar-refractivity contribution in [3.63, 3.8) is 0 Å². The summed E-state index contributed by atoms with van der Waals surface area (Å²) in [6.45, 7) is 2.47. The number of benzene rings is 3.